The summed E-state index contributed by atoms with van der Waals surface area (Å²) in [6, 6.07) is 1.23. The summed E-state index contributed by atoms with van der Waals surface area (Å²) in [5, 5.41) is 3.94. The highest BCUT2D eigenvalue weighted by atomic mass is 32.2. The molecule has 0 atom stereocenters. The molecule has 0 saturated carbocycles. The van der Waals surface area contributed by atoms with E-state index in [1.807, 2.05) is 0 Å². The van der Waals surface area contributed by atoms with Crippen LogP contribution in [-0.2, 0) is 16.6 Å². The van der Waals surface area contributed by atoms with Crippen LogP contribution in [0.5, 0.6) is 0 Å². The largest absolute Gasteiger partial charge is 0.326 e. The van der Waals surface area contributed by atoms with Crippen molar-refractivity contribution in [3.8, 4) is 0 Å². The molecule has 5 nitrogen and oxygen atoms in total. The van der Waals surface area contributed by atoms with Crippen LogP contribution >= 0.6 is 0 Å². The molecule has 1 aromatic heterocycles. The highest BCUT2D eigenvalue weighted by molar-refractivity contribution is 7.89. The molecule has 0 aliphatic heterocycles. The standard InChI is InChI=1S/C7H9F2N3O2S/c8-6(9)5-4(3-10)1-2-12-7(5)15(11,13)14/h1-2,6H,3,10H2,(H2,11,13,14). The second-order valence-electron chi connectivity index (χ2n) is 2.74. The van der Waals surface area contributed by atoms with Crippen molar-refractivity contribution in [3.63, 3.8) is 0 Å². The zero-order valence-electron chi connectivity index (χ0n) is 7.52. The number of pyridine rings is 1. The third-order valence-corrected chi connectivity index (χ3v) is 2.62. The predicted octanol–water partition coefficient (Wildman–Crippen LogP) is 0.125. The Hall–Kier alpha value is -1.12. The molecule has 0 amide bonds. The van der Waals surface area contributed by atoms with Crippen LogP contribution in [0.15, 0.2) is 17.3 Å². The molecule has 0 spiro atoms. The Morgan fingerprint density at radius 1 is 1.47 bits per heavy atom. The van der Waals surface area contributed by atoms with Crippen molar-refractivity contribution in [2.45, 2.75) is 18.0 Å². The van der Waals surface area contributed by atoms with Crippen molar-refractivity contribution >= 4 is 10.0 Å². The summed E-state index contributed by atoms with van der Waals surface area (Å²) in [5.74, 6) is 0. The summed E-state index contributed by atoms with van der Waals surface area (Å²) in [6.07, 6.45) is -1.90. The van der Waals surface area contributed by atoms with Crippen LogP contribution in [0.4, 0.5) is 8.78 Å². The van der Waals surface area contributed by atoms with E-state index in [0.717, 1.165) is 6.20 Å². The highest BCUT2D eigenvalue weighted by Crippen LogP contribution is 2.27. The van der Waals surface area contributed by atoms with Gasteiger partial charge in [0, 0.05) is 12.7 Å². The normalized spacial score (nSPS) is 12.1. The first-order chi connectivity index (χ1) is 6.88. The van der Waals surface area contributed by atoms with Gasteiger partial charge in [0.2, 0.25) is 0 Å². The highest BCUT2D eigenvalue weighted by Gasteiger charge is 2.24. The Labute approximate surface area is 85.2 Å². The van der Waals surface area contributed by atoms with Crippen LogP contribution in [0.25, 0.3) is 0 Å². The van der Waals surface area contributed by atoms with E-state index in [2.05, 4.69) is 4.98 Å². The summed E-state index contributed by atoms with van der Waals surface area (Å²) in [6.45, 7) is -0.204. The molecule has 0 radical (unpaired) electrons. The van der Waals surface area contributed by atoms with E-state index in [4.69, 9.17) is 10.9 Å². The monoisotopic (exact) mass is 237 g/mol. The van der Waals surface area contributed by atoms with Gasteiger partial charge in [-0.05, 0) is 11.6 Å². The van der Waals surface area contributed by atoms with Gasteiger partial charge in [0.25, 0.3) is 16.4 Å². The maximum atomic E-state index is 12.6. The molecule has 1 heterocycles. The number of sulfonamides is 1. The molecule has 1 rings (SSSR count). The van der Waals surface area contributed by atoms with Crippen molar-refractivity contribution in [1.29, 1.82) is 0 Å². The molecular weight excluding hydrogens is 228 g/mol. The summed E-state index contributed by atoms with van der Waals surface area (Å²) in [4.78, 5) is 3.33. The fourth-order valence-electron chi connectivity index (χ4n) is 1.13. The minimum atomic E-state index is -4.26. The number of primary sulfonamides is 1. The van der Waals surface area contributed by atoms with Gasteiger partial charge in [-0.1, -0.05) is 0 Å². The minimum absolute atomic E-state index is 0.0176. The van der Waals surface area contributed by atoms with Crippen molar-refractivity contribution in [3.05, 3.63) is 23.4 Å². The van der Waals surface area contributed by atoms with Gasteiger partial charge < -0.3 is 5.73 Å². The number of nitrogens with two attached hydrogens (primary N) is 2. The third-order valence-electron chi connectivity index (χ3n) is 1.75. The second kappa shape index (κ2) is 4.17. The number of aromatic nitrogens is 1. The van der Waals surface area contributed by atoms with E-state index in [1.54, 1.807) is 0 Å². The Morgan fingerprint density at radius 3 is 2.47 bits per heavy atom. The summed E-state index contributed by atoms with van der Waals surface area (Å²) >= 11 is 0. The van der Waals surface area contributed by atoms with Crippen LogP contribution in [0.2, 0.25) is 0 Å². The Balaban J connectivity index is 3.53. The first-order valence-corrected chi connectivity index (χ1v) is 5.41. The average Bonchev–Trinajstić information content (AvgIpc) is 2.15. The zero-order valence-corrected chi connectivity index (χ0v) is 8.34. The van der Waals surface area contributed by atoms with Crippen LogP contribution in [0, 0.1) is 0 Å². The smallest absolute Gasteiger partial charge is 0.267 e. The predicted molar refractivity (Wildman–Crippen MR) is 48.5 cm³/mol. The number of nitrogens with zero attached hydrogens (tertiary/aromatic N) is 1. The third kappa shape index (κ3) is 2.46. The Morgan fingerprint density at radius 2 is 2.07 bits per heavy atom. The lowest BCUT2D eigenvalue weighted by Gasteiger charge is -2.09. The molecule has 84 valence electrons. The van der Waals surface area contributed by atoms with Gasteiger partial charge >= 0.3 is 0 Å². The van der Waals surface area contributed by atoms with Gasteiger partial charge in [0.15, 0.2) is 5.03 Å². The van der Waals surface area contributed by atoms with Gasteiger partial charge in [-0.25, -0.2) is 27.3 Å². The molecular formula is C7H9F2N3O2S. The zero-order chi connectivity index (χ0) is 11.6. The van der Waals surface area contributed by atoms with Gasteiger partial charge in [-0.3, -0.25) is 0 Å². The number of halogens is 2. The molecule has 8 heteroatoms. The van der Waals surface area contributed by atoms with Crippen LogP contribution in [0.1, 0.15) is 17.6 Å². The molecule has 1 aromatic rings. The number of hydrogen-bond donors (Lipinski definition) is 2. The molecule has 0 saturated heterocycles. The first kappa shape index (κ1) is 12.0. The van der Waals surface area contributed by atoms with E-state index in [1.165, 1.54) is 6.07 Å². The fraction of sp³-hybridized carbons (Fsp3) is 0.286. The second-order valence-corrected chi connectivity index (χ2v) is 4.22. The minimum Gasteiger partial charge on any atom is -0.326 e. The first-order valence-electron chi connectivity index (χ1n) is 3.86. The number of rotatable bonds is 3. The van der Waals surface area contributed by atoms with E-state index < -0.39 is 27.0 Å². The SMILES string of the molecule is NCc1ccnc(S(N)(=O)=O)c1C(F)F. The molecule has 15 heavy (non-hydrogen) atoms. The molecule has 0 fully saturated rings. The van der Waals surface area contributed by atoms with Crippen molar-refractivity contribution in [2.24, 2.45) is 10.9 Å². The van der Waals surface area contributed by atoms with Crippen LogP contribution < -0.4 is 10.9 Å². The molecule has 0 aliphatic carbocycles. The quantitative estimate of drug-likeness (QED) is 0.780. The maximum absolute atomic E-state index is 12.6. The molecule has 0 unspecified atom stereocenters. The lowest BCUT2D eigenvalue weighted by atomic mass is 10.1. The fourth-order valence-corrected chi connectivity index (χ4v) is 1.86. The van der Waals surface area contributed by atoms with Crippen LogP contribution in [0.3, 0.4) is 0 Å². The molecule has 0 aliphatic rings. The van der Waals surface area contributed by atoms with Crippen molar-refractivity contribution < 1.29 is 17.2 Å². The molecule has 0 bridgehead atoms. The van der Waals surface area contributed by atoms with E-state index >= 15 is 0 Å². The van der Waals surface area contributed by atoms with E-state index in [9.17, 15) is 17.2 Å². The summed E-state index contributed by atoms with van der Waals surface area (Å²) in [7, 11) is -4.26. The maximum Gasteiger partial charge on any atom is 0.267 e. The summed E-state index contributed by atoms with van der Waals surface area (Å²) in [5.41, 5.74) is 4.50. The van der Waals surface area contributed by atoms with Crippen LogP contribution in [-0.4, -0.2) is 13.4 Å². The van der Waals surface area contributed by atoms with E-state index in [-0.39, 0.29) is 12.1 Å². The van der Waals surface area contributed by atoms with Gasteiger partial charge in [-0.2, -0.15) is 0 Å². The molecule has 4 N–H and O–H groups in total. The van der Waals surface area contributed by atoms with Crippen molar-refractivity contribution in [1.82, 2.24) is 4.98 Å². The van der Waals surface area contributed by atoms with E-state index in [0.29, 0.717) is 0 Å². The summed E-state index contributed by atoms with van der Waals surface area (Å²) < 4.78 is 47.1. The Bertz CT molecular complexity index is 461. The lowest BCUT2D eigenvalue weighted by molar-refractivity contribution is 0.145. The van der Waals surface area contributed by atoms with Crippen molar-refractivity contribution in [2.75, 3.05) is 0 Å². The number of alkyl halides is 2. The van der Waals surface area contributed by atoms with Gasteiger partial charge in [0.1, 0.15) is 0 Å². The van der Waals surface area contributed by atoms with Gasteiger partial charge in [0.05, 0.1) is 5.56 Å². The molecule has 0 aromatic carbocycles. The Kier molecular flexibility index (Phi) is 3.32. The lowest BCUT2D eigenvalue weighted by Crippen LogP contribution is -2.18. The number of hydrogen-bond acceptors (Lipinski definition) is 4. The van der Waals surface area contributed by atoms with Gasteiger partial charge in [-0.15, -0.1) is 0 Å². The average molecular weight is 237 g/mol. The topological polar surface area (TPSA) is 99.1 Å².